The molecule has 0 amide bonds. The van der Waals surface area contributed by atoms with Crippen molar-refractivity contribution >= 4 is 5.69 Å². The third-order valence-corrected chi connectivity index (χ3v) is 4.76. The van der Waals surface area contributed by atoms with Crippen LogP contribution in [0.1, 0.15) is 57.4 Å². The number of nitrogens with zero attached hydrogens (tertiary/aromatic N) is 1. The van der Waals surface area contributed by atoms with Gasteiger partial charge in [-0.1, -0.05) is 13.3 Å². The van der Waals surface area contributed by atoms with Crippen molar-refractivity contribution < 1.29 is 4.39 Å². The van der Waals surface area contributed by atoms with Crippen LogP contribution in [-0.4, -0.2) is 18.6 Å². The number of hydrogen-bond donors (Lipinski definition) is 1. The van der Waals surface area contributed by atoms with E-state index in [2.05, 4.69) is 17.1 Å². The van der Waals surface area contributed by atoms with Crippen molar-refractivity contribution in [2.45, 2.75) is 70.5 Å². The molecule has 1 saturated carbocycles. The lowest BCUT2D eigenvalue weighted by atomic mass is 9.96. The summed E-state index contributed by atoms with van der Waals surface area (Å²) < 4.78 is 13.7. The molecule has 0 aromatic heterocycles. The zero-order valence-corrected chi connectivity index (χ0v) is 13.1. The molecule has 1 N–H and O–H groups in total. The lowest BCUT2D eigenvalue weighted by molar-refractivity contribution is 0.433. The topological polar surface area (TPSA) is 15.3 Å². The van der Waals surface area contributed by atoms with Crippen LogP contribution in [0.4, 0.5) is 10.1 Å². The van der Waals surface area contributed by atoms with Gasteiger partial charge in [-0.2, -0.15) is 0 Å². The van der Waals surface area contributed by atoms with Crippen molar-refractivity contribution in [2.24, 2.45) is 0 Å². The lowest BCUT2D eigenvalue weighted by Gasteiger charge is -2.39. The first-order chi connectivity index (χ1) is 10.3. The number of halogens is 1. The second kappa shape index (κ2) is 6.78. The fraction of sp³-hybridized carbons (Fsp3) is 0.667. The minimum Gasteiger partial charge on any atom is -0.368 e. The van der Waals surface area contributed by atoms with Crippen LogP contribution < -0.4 is 10.2 Å². The molecule has 1 aliphatic carbocycles. The second-order valence-electron chi connectivity index (χ2n) is 6.56. The summed E-state index contributed by atoms with van der Waals surface area (Å²) in [5.74, 6) is -0.115. The van der Waals surface area contributed by atoms with E-state index >= 15 is 0 Å². The SMILES string of the molecule is CCCC1CCCCN1c1ccc(F)cc1CNC1CC1. The number of nitrogens with one attached hydrogen (secondary N) is 1. The summed E-state index contributed by atoms with van der Waals surface area (Å²) in [6, 6.07) is 6.63. The molecule has 1 atom stereocenters. The van der Waals surface area contributed by atoms with E-state index in [0.29, 0.717) is 12.1 Å². The first-order valence-electron chi connectivity index (χ1n) is 8.56. The van der Waals surface area contributed by atoms with Gasteiger partial charge in [-0.3, -0.25) is 0 Å². The molecule has 1 saturated heterocycles. The van der Waals surface area contributed by atoms with Gasteiger partial charge in [0.1, 0.15) is 5.82 Å². The highest BCUT2D eigenvalue weighted by Gasteiger charge is 2.25. The summed E-state index contributed by atoms with van der Waals surface area (Å²) in [5.41, 5.74) is 2.38. The highest BCUT2D eigenvalue weighted by Crippen LogP contribution is 2.31. The van der Waals surface area contributed by atoms with Crippen LogP contribution in [0.5, 0.6) is 0 Å². The smallest absolute Gasteiger partial charge is 0.123 e. The highest BCUT2D eigenvalue weighted by atomic mass is 19.1. The quantitative estimate of drug-likeness (QED) is 0.843. The van der Waals surface area contributed by atoms with E-state index in [4.69, 9.17) is 0 Å². The van der Waals surface area contributed by atoms with Crippen molar-refractivity contribution in [3.8, 4) is 0 Å². The van der Waals surface area contributed by atoms with Gasteiger partial charge in [0.2, 0.25) is 0 Å². The van der Waals surface area contributed by atoms with Crippen LogP contribution in [0.15, 0.2) is 18.2 Å². The molecule has 2 aliphatic rings. The Bertz CT molecular complexity index is 468. The van der Waals surface area contributed by atoms with E-state index < -0.39 is 0 Å². The second-order valence-corrected chi connectivity index (χ2v) is 6.56. The van der Waals surface area contributed by atoms with Crippen molar-refractivity contribution in [1.29, 1.82) is 0 Å². The maximum absolute atomic E-state index is 13.7. The fourth-order valence-electron chi connectivity index (χ4n) is 3.47. The third kappa shape index (κ3) is 3.76. The van der Waals surface area contributed by atoms with Crippen LogP contribution in [0, 0.1) is 5.82 Å². The number of piperidine rings is 1. The molecule has 3 heteroatoms. The van der Waals surface area contributed by atoms with Crippen molar-refractivity contribution in [3.63, 3.8) is 0 Å². The first kappa shape index (κ1) is 14.8. The molecule has 1 aromatic carbocycles. The van der Waals surface area contributed by atoms with Gasteiger partial charge >= 0.3 is 0 Å². The predicted octanol–water partition coefficient (Wildman–Crippen LogP) is 4.24. The van der Waals surface area contributed by atoms with Crippen LogP contribution in [0.2, 0.25) is 0 Å². The molecular formula is C18H27FN2. The van der Waals surface area contributed by atoms with E-state index in [1.807, 2.05) is 6.07 Å². The summed E-state index contributed by atoms with van der Waals surface area (Å²) >= 11 is 0. The Hall–Kier alpha value is -1.09. The molecule has 21 heavy (non-hydrogen) atoms. The summed E-state index contributed by atoms with van der Waals surface area (Å²) in [7, 11) is 0. The van der Waals surface area contributed by atoms with Crippen LogP contribution in [0.3, 0.4) is 0 Å². The molecule has 0 bridgehead atoms. The van der Waals surface area contributed by atoms with Gasteiger partial charge in [-0.05, 0) is 62.3 Å². The van der Waals surface area contributed by atoms with E-state index in [0.717, 1.165) is 18.7 Å². The average Bonchev–Trinajstić information content (AvgIpc) is 3.31. The summed E-state index contributed by atoms with van der Waals surface area (Å²) in [4.78, 5) is 2.54. The maximum Gasteiger partial charge on any atom is 0.123 e. The largest absolute Gasteiger partial charge is 0.368 e. The Morgan fingerprint density at radius 2 is 2.10 bits per heavy atom. The monoisotopic (exact) mass is 290 g/mol. The van der Waals surface area contributed by atoms with Gasteiger partial charge in [0, 0.05) is 30.9 Å². The molecule has 2 fully saturated rings. The molecule has 116 valence electrons. The number of benzene rings is 1. The average molecular weight is 290 g/mol. The Labute approximate surface area is 127 Å². The Morgan fingerprint density at radius 3 is 2.86 bits per heavy atom. The van der Waals surface area contributed by atoms with Crippen LogP contribution >= 0.6 is 0 Å². The minimum absolute atomic E-state index is 0.115. The number of hydrogen-bond acceptors (Lipinski definition) is 2. The molecule has 1 unspecified atom stereocenters. The highest BCUT2D eigenvalue weighted by molar-refractivity contribution is 5.55. The zero-order valence-electron chi connectivity index (χ0n) is 13.1. The van der Waals surface area contributed by atoms with Gasteiger partial charge < -0.3 is 10.2 Å². The third-order valence-electron chi connectivity index (χ3n) is 4.76. The number of anilines is 1. The Kier molecular flexibility index (Phi) is 4.79. The Balaban J connectivity index is 1.80. The van der Waals surface area contributed by atoms with Crippen LogP contribution in [0.25, 0.3) is 0 Å². The van der Waals surface area contributed by atoms with Gasteiger partial charge in [-0.25, -0.2) is 4.39 Å². The standard InChI is InChI=1S/C18H27FN2/c1-2-5-17-6-3-4-11-21(17)18-10-7-15(19)12-14(18)13-20-16-8-9-16/h7,10,12,16-17,20H,2-6,8-9,11,13H2,1H3. The van der Waals surface area contributed by atoms with E-state index in [-0.39, 0.29) is 5.82 Å². The lowest BCUT2D eigenvalue weighted by Crippen LogP contribution is -2.40. The van der Waals surface area contributed by atoms with E-state index in [9.17, 15) is 4.39 Å². The summed E-state index contributed by atoms with van der Waals surface area (Å²) in [5, 5.41) is 3.53. The molecule has 1 aromatic rings. The van der Waals surface area contributed by atoms with E-state index in [1.54, 1.807) is 12.1 Å². The maximum atomic E-state index is 13.7. The van der Waals surface area contributed by atoms with Crippen molar-refractivity contribution in [3.05, 3.63) is 29.6 Å². The molecule has 1 aliphatic heterocycles. The number of rotatable bonds is 6. The van der Waals surface area contributed by atoms with Gasteiger partial charge in [-0.15, -0.1) is 0 Å². The molecular weight excluding hydrogens is 263 g/mol. The Morgan fingerprint density at radius 1 is 1.24 bits per heavy atom. The molecule has 2 nitrogen and oxygen atoms in total. The van der Waals surface area contributed by atoms with Gasteiger partial charge in [0.15, 0.2) is 0 Å². The fourth-order valence-corrected chi connectivity index (χ4v) is 3.47. The summed E-state index contributed by atoms with van der Waals surface area (Å²) in [6.45, 7) is 4.17. The molecule has 3 rings (SSSR count). The van der Waals surface area contributed by atoms with E-state index in [1.165, 1.54) is 50.6 Å². The van der Waals surface area contributed by atoms with Crippen molar-refractivity contribution in [2.75, 3.05) is 11.4 Å². The van der Waals surface area contributed by atoms with Gasteiger partial charge in [0.05, 0.1) is 0 Å². The molecule has 1 heterocycles. The molecule has 0 spiro atoms. The van der Waals surface area contributed by atoms with Crippen molar-refractivity contribution in [1.82, 2.24) is 5.32 Å². The normalized spacial score (nSPS) is 22.6. The summed E-state index contributed by atoms with van der Waals surface area (Å²) in [6.07, 6.45) is 8.87. The minimum atomic E-state index is -0.115. The first-order valence-corrected chi connectivity index (χ1v) is 8.56. The molecule has 0 radical (unpaired) electrons. The predicted molar refractivity (Wildman–Crippen MR) is 86.2 cm³/mol. The van der Waals surface area contributed by atoms with Gasteiger partial charge in [0.25, 0.3) is 0 Å². The zero-order chi connectivity index (χ0) is 14.7. The van der Waals surface area contributed by atoms with Crippen LogP contribution in [-0.2, 0) is 6.54 Å².